The third-order valence-electron chi connectivity index (χ3n) is 2.14. The Hall–Kier alpha value is -0.560. The van der Waals surface area contributed by atoms with Crippen LogP contribution in [-0.2, 0) is 0 Å². The van der Waals surface area contributed by atoms with Gasteiger partial charge in [0.1, 0.15) is 0 Å². The van der Waals surface area contributed by atoms with Gasteiger partial charge in [0.25, 0.3) is 0 Å². The van der Waals surface area contributed by atoms with Crippen LogP contribution in [0.5, 0.6) is 0 Å². The number of hydrogen-bond donors (Lipinski definition) is 1. The highest BCUT2D eigenvalue weighted by Gasteiger charge is 2.19. The Kier molecular flexibility index (Phi) is 2.50. The van der Waals surface area contributed by atoms with Crippen molar-refractivity contribution in [2.24, 2.45) is 0 Å². The van der Waals surface area contributed by atoms with Gasteiger partial charge >= 0.3 is 0 Å². The quantitative estimate of drug-likeness (QED) is 0.638. The van der Waals surface area contributed by atoms with E-state index in [-0.39, 0.29) is 5.54 Å². The van der Waals surface area contributed by atoms with Crippen LogP contribution in [-0.4, -0.2) is 12.1 Å². The number of rotatable bonds is 2. The molecule has 0 saturated carbocycles. The van der Waals surface area contributed by atoms with Gasteiger partial charge in [0.15, 0.2) is 0 Å². The molecule has 0 aromatic carbocycles. The molecule has 0 aromatic heterocycles. The topological polar surface area (TPSA) is 12.0 Å². The van der Waals surface area contributed by atoms with Crippen LogP contribution in [0.3, 0.4) is 0 Å². The van der Waals surface area contributed by atoms with Crippen LogP contribution in [0.2, 0.25) is 0 Å². The summed E-state index contributed by atoms with van der Waals surface area (Å²) in [6, 6.07) is 0. The van der Waals surface area contributed by atoms with E-state index in [1.165, 1.54) is 5.57 Å². The minimum absolute atomic E-state index is 0.203. The fourth-order valence-electron chi connectivity index (χ4n) is 1.36. The molecule has 11 heavy (non-hydrogen) atoms. The first-order valence-electron chi connectivity index (χ1n) is 4.27. The minimum Gasteiger partial charge on any atom is -0.308 e. The molecule has 1 nitrogen and oxygen atoms in total. The van der Waals surface area contributed by atoms with Gasteiger partial charge in [0.05, 0.1) is 0 Å². The molecule has 0 bridgehead atoms. The SMILES string of the molecule is CCNC1(C)C=CC(C)=CC1. The van der Waals surface area contributed by atoms with E-state index >= 15 is 0 Å². The average molecular weight is 151 g/mol. The molecule has 0 saturated heterocycles. The Morgan fingerprint density at radius 2 is 2.36 bits per heavy atom. The highest BCUT2D eigenvalue weighted by atomic mass is 14.9. The smallest absolute Gasteiger partial charge is 0.0373 e. The maximum atomic E-state index is 3.45. The first kappa shape index (κ1) is 8.54. The molecule has 1 unspecified atom stereocenters. The Balaban J connectivity index is 2.58. The van der Waals surface area contributed by atoms with Gasteiger partial charge in [-0.3, -0.25) is 0 Å². The second kappa shape index (κ2) is 3.22. The van der Waals surface area contributed by atoms with Crippen molar-refractivity contribution in [3.63, 3.8) is 0 Å². The van der Waals surface area contributed by atoms with Crippen LogP contribution in [0.15, 0.2) is 23.8 Å². The highest BCUT2D eigenvalue weighted by molar-refractivity contribution is 5.26. The first-order valence-corrected chi connectivity index (χ1v) is 4.27. The van der Waals surface area contributed by atoms with E-state index in [2.05, 4.69) is 44.3 Å². The summed E-state index contributed by atoms with van der Waals surface area (Å²) in [5.41, 5.74) is 1.58. The van der Waals surface area contributed by atoms with Crippen molar-refractivity contribution >= 4 is 0 Å². The molecule has 1 atom stereocenters. The first-order chi connectivity index (χ1) is 5.16. The molecular weight excluding hydrogens is 134 g/mol. The third-order valence-corrected chi connectivity index (χ3v) is 2.14. The second-order valence-electron chi connectivity index (χ2n) is 3.43. The number of hydrogen-bond acceptors (Lipinski definition) is 1. The van der Waals surface area contributed by atoms with Crippen molar-refractivity contribution < 1.29 is 0 Å². The Morgan fingerprint density at radius 3 is 2.82 bits per heavy atom. The molecule has 1 heteroatoms. The summed E-state index contributed by atoms with van der Waals surface area (Å²) in [5.74, 6) is 0. The van der Waals surface area contributed by atoms with Crippen LogP contribution in [0.1, 0.15) is 27.2 Å². The van der Waals surface area contributed by atoms with Crippen LogP contribution in [0.25, 0.3) is 0 Å². The van der Waals surface area contributed by atoms with Crippen LogP contribution in [0, 0.1) is 0 Å². The van der Waals surface area contributed by atoms with Crippen molar-refractivity contribution in [3.05, 3.63) is 23.8 Å². The molecular formula is C10H17N. The molecule has 0 aliphatic heterocycles. The minimum atomic E-state index is 0.203. The van der Waals surface area contributed by atoms with Crippen LogP contribution in [0.4, 0.5) is 0 Å². The van der Waals surface area contributed by atoms with Crippen molar-refractivity contribution in [1.29, 1.82) is 0 Å². The maximum absolute atomic E-state index is 3.45. The summed E-state index contributed by atoms with van der Waals surface area (Å²) in [6.07, 6.45) is 7.84. The zero-order chi connectivity index (χ0) is 8.32. The second-order valence-corrected chi connectivity index (χ2v) is 3.43. The summed E-state index contributed by atoms with van der Waals surface area (Å²) in [6.45, 7) is 7.55. The molecule has 0 spiro atoms. The molecule has 0 radical (unpaired) electrons. The molecule has 1 rings (SSSR count). The van der Waals surface area contributed by atoms with Gasteiger partial charge in [0, 0.05) is 5.54 Å². The lowest BCUT2D eigenvalue weighted by atomic mass is 9.91. The maximum Gasteiger partial charge on any atom is 0.0373 e. The molecule has 62 valence electrons. The van der Waals surface area contributed by atoms with E-state index in [0.717, 1.165) is 13.0 Å². The van der Waals surface area contributed by atoms with Crippen molar-refractivity contribution in [1.82, 2.24) is 5.32 Å². The van der Waals surface area contributed by atoms with Gasteiger partial charge in [-0.15, -0.1) is 0 Å². The Labute approximate surface area is 69.2 Å². The summed E-state index contributed by atoms with van der Waals surface area (Å²) in [7, 11) is 0. The molecule has 0 heterocycles. The number of likely N-dealkylation sites (N-methyl/N-ethyl adjacent to an activating group) is 1. The van der Waals surface area contributed by atoms with Crippen LogP contribution >= 0.6 is 0 Å². The molecule has 0 fully saturated rings. The molecule has 1 N–H and O–H groups in total. The summed E-state index contributed by atoms with van der Waals surface area (Å²) in [5, 5.41) is 3.45. The van der Waals surface area contributed by atoms with Gasteiger partial charge in [-0.1, -0.05) is 30.7 Å². The fourth-order valence-corrected chi connectivity index (χ4v) is 1.36. The Bertz CT molecular complexity index is 191. The number of allylic oxidation sites excluding steroid dienone is 2. The standard InChI is InChI=1S/C10H17N/c1-4-11-10(3)7-5-9(2)6-8-10/h5-7,11H,4,8H2,1-3H3. The summed E-state index contributed by atoms with van der Waals surface area (Å²) in [4.78, 5) is 0. The average Bonchev–Trinajstić information content (AvgIpc) is 1.97. The van der Waals surface area contributed by atoms with E-state index in [1.807, 2.05) is 0 Å². The normalized spacial score (nSPS) is 30.3. The summed E-state index contributed by atoms with van der Waals surface area (Å²) >= 11 is 0. The van der Waals surface area contributed by atoms with Crippen molar-refractivity contribution in [3.8, 4) is 0 Å². The van der Waals surface area contributed by atoms with Gasteiger partial charge in [-0.2, -0.15) is 0 Å². The summed E-state index contributed by atoms with van der Waals surface area (Å²) < 4.78 is 0. The molecule has 1 aliphatic rings. The molecule has 0 amide bonds. The fraction of sp³-hybridized carbons (Fsp3) is 0.600. The zero-order valence-electron chi connectivity index (χ0n) is 7.65. The molecule has 1 aliphatic carbocycles. The molecule has 0 aromatic rings. The number of nitrogens with one attached hydrogen (secondary N) is 1. The van der Waals surface area contributed by atoms with E-state index in [9.17, 15) is 0 Å². The monoisotopic (exact) mass is 151 g/mol. The van der Waals surface area contributed by atoms with Gasteiger partial charge in [-0.25, -0.2) is 0 Å². The van der Waals surface area contributed by atoms with Gasteiger partial charge in [-0.05, 0) is 26.8 Å². The predicted molar refractivity (Wildman–Crippen MR) is 49.6 cm³/mol. The van der Waals surface area contributed by atoms with E-state index in [1.54, 1.807) is 0 Å². The largest absolute Gasteiger partial charge is 0.308 e. The predicted octanol–water partition coefficient (Wildman–Crippen LogP) is 2.26. The lowest BCUT2D eigenvalue weighted by Gasteiger charge is -2.28. The highest BCUT2D eigenvalue weighted by Crippen LogP contribution is 2.19. The van der Waals surface area contributed by atoms with Gasteiger partial charge in [0.2, 0.25) is 0 Å². The van der Waals surface area contributed by atoms with E-state index in [4.69, 9.17) is 0 Å². The van der Waals surface area contributed by atoms with E-state index < -0.39 is 0 Å². The lowest BCUT2D eigenvalue weighted by Crippen LogP contribution is -2.40. The zero-order valence-corrected chi connectivity index (χ0v) is 7.65. The van der Waals surface area contributed by atoms with Crippen LogP contribution < -0.4 is 5.32 Å². The van der Waals surface area contributed by atoms with Gasteiger partial charge < -0.3 is 5.32 Å². The third kappa shape index (κ3) is 2.19. The van der Waals surface area contributed by atoms with E-state index in [0.29, 0.717) is 0 Å². The Morgan fingerprint density at radius 1 is 1.64 bits per heavy atom. The lowest BCUT2D eigenvalue weighted by molar-refractivity contribution is 0.449. The van der Waals surface area contributed by atoms with Crippen molar-refractivity contribution in [2.75, 3.05) is 6.54 Å². The van der Waals surface area contributed by atoms with Crippen molar-refractivity contribution in [2.45, 2.75) is 32.7 Å².